The van der Waals surface area contributed by atoms with E-state index in [1.54, 1.807) is 5.57 Å². The molecule has 0 aromatic carbocycles. The highest BCUT2D eigenvalue weighted by Gasteiger charge is 2.27. The second kappa shape index (κ2) is 5.43. The van der Waals surface area contributed by atoms with Crippen molar-refractivity contribution in [2.45, 2.75) is 38.1 Å². The minimum atomic E-state index is 0.484. The molecule has 0 saturated heterocycles. The van der Waals surface area contributed by atoms with Crippen LogP contribution in [0.4, 0.5) is 0 Å². The fourth-order valence-electron chi connectivity index (χ4n) is 3.12. The van der Waals surface area contributed by atoms with Gasteiger partial charge in [-0.25, -0.2) is 0 Å². The Kier molecular flexibility index (Phi) is 3.69. The van der Waals surface area contributed by atoms with Crippen LogP contribution in [-0.2, 0) is 0 Å². The fraction of sp³-hybridized carbons (Fsp3) is 0.600. The summed E-state index contributed by atoms with van der Waals surface area (Å²) in [6.07, 6.45) is 12.5. The van der Waals surface area contributed by atoms with Gasteiger partial charge in [0, 0.05) is 11.9 Å². The Balaban J connectivity index is 1.88. The van der Waals surface area contributed by atoms with Crippen LogP contribution in [0.3, 0.4) is 0 Å². The van der Waals surface area contributed by atoms with Gasteiger partial charge in [-0.2, -0.15) is 11.8 Å². The van der Waals surface area contributed by atoms with Crippen molar-refractivity contribution in [1.29, 1.82) is 0 Å². The van der Waals surface area contributed by atoms with Crippen molar-refractivity contribution in [3.8, 4) is 0 Å². The minimum Gasteiger partial charge on any atom is -0.289 e. The average Bonchev–Trinajstić information content (AvgIpc) is 2.77. The molecule has 0 bridgehead atoms. The quantitative estimate of drug-likeness (QED) is 0.763. The summed E-state index contributed by atoms with van der Waals surface area (Å²) in [6, 6.07) is 0.484. The summed E-state index contributed by atoms with van der Waals surface area (Å²) in [4.78, 5) is 9.42. The molecule has 0 spiro atoms. The maximum atomic E-state index is 4.73. The van der Waals surface area contributed by atoms with E-state index in [-0.39, 0.29) is 0 Å². The monoisotopic (exact) mass is 260 g/mol. The summed E-state index contributed by atoms with van der Waals surface area (Å²) in [6.45, 7) is 0.885. The maximum Gasteiger partial charge on any atom is 0.0650 e. The second-order valence-electron chi connectivity index (χ2n) is 5.22. The van der Waals surface area contributed by atoms with Crippen LogP contribution in [0.1, 0.15) is 32.1 Å². The van der Waals surface area contributed by atoms with Crippen molar-refractivity contribution in [1.82, 2.24) is 0 Å². The van der Waals surface area contributed by atoms with Gasteiger partial charge in [0.15, 0.2) is 0 Å². The van der Waals surface area contributed by atoms with Gasteiger partial charge in [0.2, 0.25) is 0 Å². The fourth-order valence-corrected chi connectivity index (χ4v) is 3.62. The molecule has 2 nitrogen and oxygen atoms in total. The highest BCUT2D eigenvalue weighted by Crippen LogP contribution is 2.36. The summed E-state index contributed by atoms with van der Waals surface area (Å²) in [5, 5.41) is 0. The lowest BCUT2D eigenvalue weighted by Crippen LogP contribution is -2.16. The van der Waals surface area contributed by atoms with Crippen molar-refractivity contribution in [3.05, 3.63) is 22.8 Å². The molecule has 2 heterocycles. The maximum absolute atomic E-state index is 4.73. The lowest BCUT2D eigenvalue weighted by molar-refractivity contribution is 0.625. The van der Waals surface area contributed by atoms with Gasteiger partial charge in [-0.15, -0.1) is 0 Å². The van der Waals surface area contributed by atoms with E-state index >= 15 is 0 Å². The average molecular weight is 260 g/mol. The molecule has 96 valence electrons. The predicted octanol–water partition coefficient (Wildman–Crippen LogP) is 3.44. The van der Waals surface area contributed by atoms with Crippen molar-refractivity contribution >= 4 is 23.7 Å². The van der Waals surface area contributed by atoms with Crippen LogP contribution >= 0.6 is 11.8 Å². The third-order valence-electron chi connectivity index (χ3n) is 4.01. The lowest BCUT2D eigenvalue weighted by atomic mass is 9.83. The molecule has 0 fully saturated rings. The minimum absolute atomic E-state index is 0.484. The van der Waals surface area contributed by atoms with Gasteiger partial charge >= 0.3 is 0 Å². The van der Waals surface area contributed by atoms with Crippen molar-refractivity contribution in [3.63, 3.8) is 0 Å². The summed E-state index contributed by atoms with van der Waals surface area (Å²) >= 11 is 1.92. The molecule has 3 aliphatic rings. The predicted molar refractivity (Wildman–Crippen MR) is 81.2 cm³/mol. The van der Waals surface area contributed by atoms with E-state index in [0.717, 1.165) is 13.0 Å². The normalized spacial score (nSPS) is 29.3. The van der Waals surface area contributed by atoms with Gasteiger partial charge in [-0.3, -0.25) is 9.98 Å². The molecular weight excluding hydrogens is 240 g/mol. The molecule has 0 aromatic heterocycles. The Morgan fingerprint density at radius 2 is 2.33 bits per heavy atom. The zero-order valence-corrected chi connectivity index (χ0v) is 11.8. The summed E-state index contributed by atoms with van der Waals surface area (Å²) < 4.78 is 0. The molecule has 0 radical (unpaired) electrons. The highest BCUT2D eigenvalue weighted by atomic mass is 32.2. The first kappa shape index (κ1) is 12.2. The highest BCUT2D eigenvalue weighted by molar-refractivity contribution is 7.98. The second-order valence-corrected chi connectivity index (χ2v) is 6.21. The zero-order valence-electron chi connectivity index (χ0n) is 11.0. The molecule has 0 aromatic rings. The number of rotatable bonds is 3. The number of allylic oxidation sites excluding steroid dienone is 1. The molecular formula is C15H20N2S. The third kappa shape index (κ3) is 2.33. The first-order chi connectivity index (χ1) is 8.88. The number of aliphatic imine (C=N–C) groups is 2. The number of hydrogen-bond acceptors (Lipinski definition) is 3. The Labute approximate surface area is 113 Å². The number of nitrogens with zero attached hydrogens (tertiary/aromatic N) is 2. The summed E-state index contributed by atoms with van der Waals surface area (Å²) in [5.41, 5.74) is 5.93. The Hall–Kier alpha value is -0.830. The van der Waals surface area contributed by atoms with Crippen LogP contribution in [0.5, 0.6) is 0 Å². The van der Waals surface area contributed by atoms with Gasteiger partial charge in [0.25, 0.3) is 0 Å². The molecule has 18 heavy (non-hydrogen) atoms. The van der Waals surface area contributed by atoms with Gasteiger partial charge in [-0.1, -0.05) is 5.57 Å². The van der Waals surface area contributed by atoms with E-state index in [1.807, 2.05) is 18.0 Å². The van der Waals surface area contributed by atoms with Crippen LogP contribution < -0.4 is 0 Å². The van der Waals surface area contributed by atoms with Crippen molar-refractivity contribution in [2.75, 3.05) is 18.6 Å². The molecule has 0 amide bonds. The smallest absolute Gasteiger partial charge is 0.0650 e. The molecule has 0 saturated carbocycles. The SMILES string of the molecule is CSCCC1CC2=C3C(=NC/C3=C/C=N1)CCC2. The Morgan fingerprint density at radius 1 is 1.39 bits per heavy atom. The molecule has 3 rings (SSSR count). The summed E-state index contributed by atoms with van der Waals surface area (Å²) in [5.74, 6) is 1.21. The van der Waals surface area contributed by atoms with E-state index in [9.17, 15) is 0 Å². The molecule has 0 N–H and O–H groups in total. The van der Waals surface area contributed by atoms with Crippen LogP contribution in [0.15, 0.2) is 32.8 Å². The van der Waals surface area contributed by atoms with Crippen LogP contribution in [-0.4, -0.2) is 36.5 Å². The first-order valence-electron chi connectivity index (χ1n) is 6.86. The van der Waals surface area contributed by atoms with Gasteiger partial charge in [0.1, 0.15) is 0 Å². The van der Waals surface area contributed by atoms with Crippen LogP contribution in [0.25, 0.3) is 0 Å². The first-order valence-corrected chi connectivity index (χ1v) is 8.25. The Morgan fingerprint density at radius 3 is 3.22 bits per heavy atom. The van der Waals surface area contributed by atoms with Crippen molar-refractivity contribution < 1.29 is 0 Å². The van der Waals surface area contributed by atoms with E-state index < -0.39 is 0 Å². The van der Waals surface area contributed by atoms with E-state index in [4.69, 9.17) is 9.98 Å². The van der Waals surface area contributed by atoms with E-state index in [0.29, 0.717) is 6.04 Å². The molecule has 1 unspecified atom stereocenters. The standard InChI is InChI=1S/C15H20N2S/c1-18-8-6-13-9-11-3-2-4-14-15(11)12(10-17-14)5-7-16-13/h5,7,13H,2-4,6,8-10H2,1H3/b12-5-,16-7?. The van der Waals surface area contributed by atoms with Crippen molar-refractivity contribution in [2.24, 2.45) is 9.98 Å². The van der Waals surface area contributed by atoms with E-state index in [2.05, 4.69) is 12.3 Å². The zero-order chi connectivity index (χ0) is 12.4. The summed E-state index contributed by atoms with van der Waals surface area (Å²) in [7, 11) is 0. The van der Waals surface area contributed by atoms with Gasteiger partial charge in [0.05, 0.1) is 12.6 Å². The topological polar surface area (TPSA) is 24.7 Å². The van der Waals surface area contributed by atoms with Crippen LogP contribution in [0.2, 0.25) is 0 Å². The van der Waals surface area contributed by atoms with Gasteiger partial charge in [-0.05, 0) is 61.3 Å². The Bertz CT molecular complexity index is 457. The third-order valence-corrected chi connectivity index (χ3v) is 4.65. The van der Waals surface area contributed by atoms with Gasteiger partial charge < -0.3 is 0 Å². The van der Waals surface area contributed by atoms with E-state index in [1.165, 1.54) is 48.3 Å². The molecule has 2 aliphatic heterocycles. The molecule has 3 heteroatoms. The number of thioether (sulfide) groups is 1. The van der Waals surface area contributed by atoms with Crippen LogP contribution in [0, 0.1) is 0 Å². The number of hydrogen-bond donors (Lipinski definition) is 0. The largest absolute Gasteiger partial charge is 0.289 e. The molecule has 1 atom stereocenters. The lowest BCUT2D eigenvalue weighted by Gasteiger charge is -2.23. The molecule has 1 aliphatic carbocycles.